The van der Waals surface area contributed by atoms with Gasteiger partial charge in [0.2, 0.25) is 5.89 Å². The Morgan fingerprint density at radius 2 is 1.81 bits per heavy atom. The van der Waals surface area contributed by atoms with Gasteiger partial charge in [0.05, 0.1) is 5.56 Å². The van der Waals surface area contributed by atoms with Crippen LogP contribution in [0.3, 0.4) is 0 Å². The number of piperidine rings is 1. The highest BCUT2D eigenvalue weighted by Crippen LogP contribution is 2.40. The summed E-state index contributed by atoms with van der Waals surface area (Å²) in [5, 5.41) is 4.22. The average molecular weight is 415 g/mol. The molecule has 0 atom stereocenters. The molecule has 1 aromatic carbocycles. The van der Waals surface area contributed by atoms with E-state index in [1.807, 2.05) is 35.2 Å². The molecule has 1 saturated carbocycles. The van der Waals surface area contributed by atoms with Gasteiger partial charge in [0, 0.05) is 43.4 Å². The third-order valence-corrected chi connectivity index (χ3v) is 6.70. The van der Waals surface area contributed by atoms with Crippen molar-refractivity contribution >= 4 is 17.4 Å². The lowest BCUT2D eigenvalue weighted by Crippen LogP contribution is -2.34. The summed E-state index contributed by atoms with van der Waals surface area (Å²) in [5.41, 5.74) is 2.88. The van der Waals surface area contributed by atoms with E-state index in [-0.39, 0.29) is 5.91 Å². The first-order chi connectivity index (χ1) is 15.3. The largest absolute Gasteiger partial charge is 0.357 e. The van der Waals surface area contributed by atoms with Crippen molar-refractivity contribution in [2.45, 2.75) is 43.9 Å². The first-order valence-electron chi connectivity index (χ1n) is 11.2. The molecular weight excluding hydrogens is 390 g/mol. The predicted molar refractivity (Wildman–Crippen MR) is 117 cm³/mol. The van der Waals surface area contributed by atoms with Gasteiger partial charge in [-0.25, -0.2) is 4.98 Å². The summed E-state index contributed by atoms with van der Waals surface area (Å²) < 4.78 is 5.43. The number of carbonyl (C=O) groups is 1. The Hall–Kier alpha value is -3.22. The van der Waals surface area contributed by atoms with E-state index in [2.05, 4.69) is 26.1 Å². The molecule has 4 heterocycles. The van der Waals surface area contributed by atoms with Crippen molar-refractivity contribution in [3.05, 3.63) is 65.4 Å². The van der Waals surface area contributed by atoms with Crippen LogP contribution in [0.5, 0.6) is 0 Å². The molecule has 0 unspecified atom stereocenters. The molecule has 0 radical (unpaired) electrons. The van der Waals surface area contributed by atoms with E-state index in [1.54, 1.807) is 6.20 Å². The van der Waals surface area contributed by atoms with E-state index in [4.69, 9.17) is 4.52 Å². The Kier molecular flexibility index (Phi) is 4.47. The van der Waals surface area contributed by atoms with E-state index in [0.717, 1.165) is 62.1 Å². The number of carbonyl (C=O) groups excluding carboxylic acids is 1. The molecule has 3 aliphatic rings. The molecule has 3 aromatic rings. The monoisotopic (exact) mass is 415 g/mol. The van der Waals surface area contributed by atoms with Gasteiger partial charge < -0.3 is 14.3 Å². The predicted octanol–water partition coefficient (Wildman–Crippen LogP) is 3.93. The molecule has 0 spiro atoms. The molecule has 2 fully saturated rings. The second kappa shape index (κ2) is 7.48. The SMILES string of the molecule is O=C(c1ccc(N2CCC(c3noc(C4CC4)n3)CC2)nc1)N1CCc2ccccc21. The third-order valence-electron chi connectivity index (χ3n) is 6.70. The quantitative estimate of drug-likeness (QED) is 0.643. The number of benzene rings is 1. The van der Waals surface area contributed by atoms with Crippen molar-refractivity contribution in [1.82, 2.24) is 15.1 Å². The van der Waals surface area contributed by atoms with Crippen LogP contribution in [0.4, 0.5) is 11.5 Å². The second-order valence-corrected chi connectivity index (χ2v) is 8.77. The minimum absolute atomic E-state index is 0.0197. The lowest BCUT2D eigenvalue weighted by Gasteiger charge is -2.31. The third kappa shape index (κ3) is 3.48. The Morgan fingerprint density at radius 3 is 2.58 bits per heavy atom. The van der Waals surface area contributed by atoms with Crippen LogP contribution < -0.4 is 9.80 Å². The van der Waals surface area contributed by atoms with Crippen LogP contribution in [0.25, 0.3) is 0 Å². The number of aromatic nitrogens is 3. The summed E-state index contributed by atoms with van der Waals surface area (Å²) in [7, 11) is 0. The summed E-state index contributed by atoms with van der Waals surface area (Å²) in [6, 6.07) is 12.0. The Balaban J connectivity index is 1.10. The normalized spacial score (nSPS) is 19.0. The molecule has 6 rings (SSSR count). The molecule has 158 valence electrons. The number of nitrogens with zero attached hydrogens (tertiary/aromatic N) is 5. The molecule has 0 N–H and O–H groups in total. The van der Waals surface area contributed by atoms with Crippen LogP contribution in [0.2, 0.25) is 0 Å². The molecule has 1 amide bonds. The summed E-state index contributed by atoms with van der Waals surface area (Å²) in [6.45, 7) is 2.53. The maximum absolute atomic E-state index is 13.0. The number of amides is 1. The van der Waals surface area contributed by atoms with Gasteiger partial charge in [-0.15, -0.1) is 0 Å². The van der Waals surface area contributed by atoms with Gasteiger partial charge >= 0.3 is 0 Å². The van der Waals surface area contributed by atoms with E-state index in [9.17, 15) is 4.79 Å². The second-order valence-electron chi connectivity index (χ2n) is 8.77. The molecular formula is C24H25N5O2. The van der Waals surface area contributed by atoms with Crippen LogP contribution >= 0.6 is 0 Å². The van der Waals surface area contributed by atoms with Crippen molar-refractivity contribution in [3.63, 3.8) is 0 Å². The van der Waals surface area contributed by atoms with Gasteiger partial charge in [0.1, 0.15) is 5.82 Å². The van der Waals surface area contributed by atoms with Gasteiger partial charge in [-0.2, -0.15) is 4.98 Å². The molecule has 2 aliphatic heterocycles. The van der Waals surface area contributed by atoms with E-state index in [1.165, 1.54) is 18.4 Å². The minimum atomic E-state index is 0.0197. The first-order valence-corrected chi connectivity index (χ1v) is 11.2. The number of fused-ring (bicyclic) bond motifs is 1. The van der Waals surface area contributed by atoms with Crippen molar-refractivity contribution < 1.29 is 9.32 Å². The number of para-hydroxylation sites is 1. The standard InChI is InChI=1S/C24H25N5O2/c30-24(29-14-11-16-3-1-2-4-20(16)29)19-7-8-21(25-15-19)28-12-9-17(10-13-28)22-26-23(31-27-22)18-5-6-18/h1-4,7-8,15,17-18H,5-6,9-14H2. The maximum Gasteiger partial charge on any atom is 0.259 e. The van der Waals surface area contributed by atoms with Crippen molar-refractivity contribution in [2.75, 3.05) is 29.4 Å². The van der Waals surface area contributed by atoms with Gasteiger partial charge in [-0.05, 0) is 55.9 Å². The summed E-state index contributed by atoms with van der Waals surface area (Å²) in [6.07, 6.45) is 6.94. The van der Waals surface area contributed by atoms with Gasteiger partial charge in [-0.3, -0.25) is 4.79 Å². The maximum atomic E-state index is 13.0. The summed E-state index contributed by atoms with van der Waals surface area (Å²) >= 11 is 0. The molecule has 7 heteroatoms. The van der Waals surface area contributed by atoms with Crippen LogP contribution in [-0.2, 0) is 6.42 Å². The zero-order valence-electron chi connectivity index (χ0n) is 17.4. The van der Waals surface area contributed by atoms with E-state index >= 15 is 0 Å². The smallest absolute Gasteiger partial charge is 0.259 e. The molecule has 7 nitrogen and oxygen atoms in total. The lowest BCUT2D eigenvalue weighted by molar-refractivity contribution is 0.0989. The zero-order chi connectivity index (χ0) is 20.8. The molecule has 31 heavy (non-hydrogen) atoms. The van der Waals surface area contributed by atoms with Crippen LogP contribution in [0.15, 0.2) is 47.1 Å². The van der Waals surface area contributed by atoms with Crippen molar-refractivity contribution in [2.24, 2.45) is 0 Å². The Labute approximate surface area is 181 Å². The highest BCUT2D eigenvalue weighted by atomic mass is 16.5. The number of rotatable bonds is 4. The Morgan fingerprint density at radius 1 is 0.968 bits per heavy atom. The number of anilines is 2. The summed E-state index contributed by atoms with van der Waals surface area (Å²) in [5.74, 6) is 3.47. The van der Waals surface area contributed by atoms with Crippen LogP contribution in [0, 0.1) is 0 Å². The van der Waals surface area contributed by atoms with Gasteiger partial charge in [0.25, 0.3) is 5.91 Å². The number of hydrogen-bond acceptors (Lipinski definition) is 6. The lowest BCUT2D eigenvalue weighted by atomic mass is 9.96. The zero-order valence-corrected chi connectivity index (χ0v) is 17.4. The van der Waals surface area contributed by atoms with Crippen LogP contribution in [-0.4, -0.2) is 40.7 Å². The first kappa shape index (κ1) is 18.5. The molecule has 2 aromatic heterocycles. The molecule has 1 saturated heterocycles. The Bertz CT molecular complexity index is 1100. The van der Waals surface area contributed by atoms with Crippen LogP contribution in [0.1, 0.15) is 65.2 Å². The summed E-state index contributed by atoms with van der Waals surface area (Å²) in [4.78, 5) is 26.4. The van der Waals surface area contributed by atoms with E-state index in [0.29, 0.717) is 17.4 Å². The topological polar surface area (TPSA) is 75.4 Å². The molecule has 0 bridgehead atoms. The fraction of sp³-hybridized carbons (Fsp3) is 0.417. The number of hydrogen-bond donors (Lipinski definition) is 0. The van der Waals surface area contributed by atoms with Crippen molar-refractivity contribution in [1.29, 1.82) is 0 Å². The van der Waals surface area contributed by atoms with Gasteiger partial charge in [-0.1, -0.05) is 23.4 Å². The highest BCUT2D eigenvalue weighted by molar-refractivity contribution is 6.07. The van der Waals surface area contributed by atoms with Gasteiger partial charge in [0.15, 0.2) is 5.82 Å². The highest BCUT2D eigenvalue weighted by Gasteiger charge is 2.32. The molecule has 1 aliphatic carbocycles. The van der Waals surface area contributed by atoms with Crippen molar-refractivity contribution in [3.8, 4) is 0 Å². The minimum Gasteiger partial charge on any atom is -0.357 e. The average Bonchev–Trinajstić information content (AvgIpc) is 3.40. The fourth-order valence-corrected chi connectivity index (χ4v) is 4.68. The fourth-order valence-electron chi connectivity index (χ4n) is 4.68. The van der Waals surface area contributed by atoms with E-state index < -0.39 is 0 Å². The number of pyridine rings is 1.